The summed E-state index contributed by atoms with van der Waals surface area (Å²) in [7, 11) is 0. The van der Waals surface area contributed by atoms with Crippen molar-refractivity contribution >= 4 is 11.6 Å². The molecule has 0 aliphatic heterocycles. The third kappa shape index (κ3) is 2.06. The summed E-state index contributed by atoms with van der Waals surface area (Å²) < 4.78 is 0. The maximum Gasteiger partial charge on any atom is 0.161 e. The second-order valence-electron chi connectivity index (χ2n) is 9.87. The fourth-order valence-corrected chi connectivity index (χ4v) is 7.34. The van der Waals surface area contributed by atoms with Crippen LogP contribution in [0.4, 0.5) is 0 Å². The Morgan fingerprint density at radius 3 is 2.50 bits per heavy atom. The second-order valence-corrected chi connectivity index (χ2v) is 9.87. The SMILES string of the molecule is CC(=O)[C@]1(O)CC[C@@]2(C)[C@@H](CC[C@H]3[C@H]4CCC(=O)[C@@]4(C)CC[C@@H]32)C1. The molecule has 3 nitrogen and oxygen atoms in total. The predicted octanol–water partition coefficient (Wildman–Crippen LogP) is 3.92. The van der Waals surface area contributed by atoms with E-state index >= 15 is 0 Å². The van der Waals surface area contributed by atoms with Crippen LogP contribution in [0.5, 0.6) is 0 Å². The zero-order valence-electron chi connectivity index (χ0n) is 15.4. The smallest absolute Gasteiger partial charge is 0.161 e. The third-order valence-electron chi connectivity index (χ3n) is 9.09. The fourth-order valence-electron chi connectivity index (χ4n) is 7.34. The molecule has 0 saturated heterocycles. The highest BCUT2D eigenvalue weighted by molar-refractivity contribution is 5.87. The van der Waals surface area contributed by atoms with E-state index in [0.29, 0.717) is 42.3 Å². The predicted molar refractivity (Wildman–Crippen MR) is 92.4 cm³/mol. The lowest BCUT2D eigenvalue weighted by Gasteiger charge is -2.61. The summed E-state index contributed by atoms with van der Waals surface area (Å²) in [4.78, 5) is 24.4. The van der Waals surface area contributed by atoms with Crippen molar-refractivity contribution < 1.29 is 14.7 Å². The van der Waals surface area contributed by atoms with Gasteiger partial charge < -0.3 is 5.11 Å². The Kier molecular flexibility index (Phi) is 3.60. The van der Waals surface area contributed by atoms with E-state index < -0.39 is 5.60 Å². The van der Waals surface area contributed by atoms with Crippen LogP contribution in [0.15, 0.2) is 0 Å². The minimum atomic E-state index is -1.08. The quantitative estimate of drug-likeness (QED) is 0.792. The average Bonchev–Trinajstić information content (AvgIpc) is 2.84. The van der Waals surface area contributed by atoms with Gasteiger partial charge in [0.15, 0.2) is 5.78 Å². The van der Waals surface area contributed by atoms with Crippen LogP contribution in [0.1, 0.15) is 78.6 Å². The first-order chi connectivity index (χ1) is 11.2. The standard InChI is InChI=1S/C21H32O3/c1-13(22)21(24)11-10-19(2)14(12-21)4-5-15-16-6-7-18(23)20(16,3)9-8-17(15)19/h14-17,24H,4-12H2,1-3H3/t14-,15-,16+,17-,19-,20-,21-/m0/s1. The molecular formula is C21H32O3. The highest BCUT2D eigenvalue weighted by Gasteiger charge is 2.61. The van der Waals surface area contributed by atoms with Crippen molar-refractivity contribution in [3.05, 3.63) is 0 Å². The highest BCUT2D eigenvalue weighted by Crippen LogP contribution is 2.66. The van der Waals surface area contributed by atoms with E-state index in [9.17, 15) is 14.7 Å². The Balaban J connectivity index is 1.61. The van der Waals surface area contributed by atoms with Gasteiger partial charge in [0.25, 0.3) is 0 Å². The summed E-state index contributed by atoms with van der Waals surface area (Å²) in [6, 6.07) is 0. The van der Waals surface area contributed by atoms with Gasteiger partial charge in [-0.25, -0.2) is 0 Å². The maximum atomic E-state index is 12.5. The first kappa shape index (κ1) is 16.8. The number of hydrogen-bond acceptors (Lipinski definition) is 3. The Morgan fingerprint density at radius 2 is 1.79 bits per heavy atom. The van der Waals surface area contributed by atoms with Crippen LogP contribution in [0.2, 0.25) is 0 Å². The Labute approximate surface area is 145 Å². The van der Waals surface area contributed by atoms with Gasteiger partial charge in [0, 0.05) is 11.8 Å². The number of aliphatic hydroxyl groups is 1. The summed E-state index contributed by atoms with van der Waals surface area (Å²) in [5, 5.41) is 10.7. The van der Waals surface area contributed by atoms with Gasteiger partial charge in [-0.2, -0.15) is 0 Å². The molecule has 4 aliphatic carbocycles. The van der Waals surface area contributed by atoms with E-state index in [1.807, 2.05) is 0 Å². The second kappa shape index (κ2) is 5.16. The molecule has 0 heterocycles. The zero-order chi connectivity index (χ0) is 17.3. The number of fused-ring (bicyclic) bond motifs is 5. The van der Waals surface area contributed by atoms with Gasteiger partial charge in [0.05, 0.1) is 0 Å². The number of ketones is 2. The van der Waals surface area contributed by atoms with Crippen molar-refractivity contribution in [1.82, 2.24) is 0 Å². The van der Waals surface area contributed by atoms with Crippen molar-refractivity contribution in [2.45, 2.75) is 84.2 Å². The molecular weight excluding hydrogens is 300 g/mol. The molecule has 4 rings (SSSR count). The first-order valence-electron chi connectivity index (χ1n) is 9.97. The Bertz CT molecular complexity index is 584. The lowest BCUT2D eigenvalue weighted by molar-refractivity contribution is -0.165. The molecule has 7 atom stereocenters. The lowest BCUT2D eigenvalue weighted by Crippen LogP contribution is -2.57. The third-order valence-corrected chi connectivity index (χ3v) is 9.09. The molecule has 4 saturated carbocycles. The number of Topliss-reactive ketones (excluding diaryl/α,β-unsaturated/α-hetero) is 2. The van der Waals surface area contributed by atoms with E-state index in [-0.39, 0.29) is 16.6 Å². The molecule has 1 N–H and O–H groups in total. The van der Waals surface area contributed by atoms with Crippen LogP contribution in [0, 0.1) is 34.5 Å². The first-order valence-corrected chi connectivity index (χ1v) is 9.97. The molecule has 134 valence electrons. The van der Waals surface area contributed by atoms with Gasteiger partial charge in [0.1, 0.15) is 11.4 Å². The van der Waals surface area contributed by atoms with Gasteiger partial charge in [-0.1, -0.05) is 13.8 Å². The van der Waals surface area contributed by atoms with Crippen LogP contribution in [0.3, 0.4) is 0 Å². The van der Waals surface area contributed by atoms with Gasteiger partial charge in [-0.3, -0.25) is 9.59 Å². The van der Waals surface area contributed by atoms with Crippen molar-refractivity contribution in [2.24, 2.45) is 34.5 Å². The van der Waals surface area contributed by atoms with Crippen molar-refractivity contribution in [1.29, 1.82) is 0 Å². The fraction of sp³-hybridized carbons (Fsp3) is 0.905. The lowest BCUT2D eigenvalue weighted by atomic mass is 9.44. The van der Waals surface area contributed by atoms with Crippen LogP contribution >= 0.6 is 0 Å². The van der Waals surface area contributed by atoms with Gasteiger partial charge in [0.2, 0.25) is 0 Å². The molecule has 0 bridgehead atoms. The largest absolute Gasteiger partial charge is 0.382 e. The number of carbonyl (C=O) groups is 2. The zero-order valence-corrected chi connectivity index (χ0v) is 15.4. The minimum Gasteiger partial charge on any atom is -0.382 e. The molecule has 3 heteroatoms. The summed E-state index contributed by atoms with van der Waals surface area (Å²) in [6.07, 6.45) is 8.64. The van der Waals surface area contributed by atoms with E-state index in [2.05, 4.69) is 13.8 Å². The van der Waals surface area contributed by atoms with Crippen LogP contribution in [-0.4, -0.2) is 22.3 Å². The molecule has 4 aliphatic rings. The highest BCUT2D eigenvalue weighted by atomic mass is 16.3. The molecule has 0 radical (unpaired) electrons. The van der Waals surface area contributed by atoms with Crippen LogP contribution in [-0.2, 0) is 9.59 Å². The Hall–Kier alpha value is -0.700. The summed E-state index contributed by atoms with van der Waals surface area (Å²) in [6.45, 7) is 6.20. The van der Waals surface area contributed by atoms with E-state index in [1.165, 1.54) is 6.42 Å². The molecule has 0 aromatic heterocycles. The molecule has 0 unspecified atom stereocenters. The molecule has 0 spiro atoms. The topological polar surface area (TPSA) is 54.4 Å². The van der Waals surface area contributed by atoms with Crippen LogP contribution < -0.4 is 0 Å². The molecule has 0 aromatic rings. The van der Waals surface area contributed by atoms with Crippen molar-refractivity contribution in [3.63, 3.8) is 0 Å². The minimum absolute atomic E-state index is 0.0516. The molecule has 24 heavy (non-hydrogen) atoms. The number of rotatable bonds is 1. The van der Waals surface area contributed by atoms with Gasteiger partial charge in [-0.05, 0) is 87.4 Å². The monoisotopic (exact) mass is 332 g/mol. The molecule has 0 amide bonds. The normalized spacial score (nSPS) is 53.9. The van der Waals surface area contributed by atoms with E-state index in [1.54, 1.807) is 6.92 Å². The van der Waals surface area contributed by atoms with Crippen molar-refractivity contribution in [3.8, 4) is 0 Å². The number of hydrogen-bond donors (Lipinski definition) is 1. The summed E-state index contributed by atoms with van der Waals surface area (Å²) >= 11 is 0. The van der Waals surface area contributed by atoms with Crippen LogP contribution in [0.25, 0.3) is 0 Å². The summed E-state index contributed by atoms with van der Waals surface area (Å²) in [5.41, 5.74) is -0.889. The summed E-state index contributed by atoms with van der Waals surface area (Å²) in [5.74, 6) is 2.85. The van der Waals surface area contributed by atoms with Gasteiger partial charge >= 0.3 is 0 Å². The average molecular weight is 332 g/mol. The number of carbonyl (C=O) groups excluding carboxylic acids is 2. The maximum absolute atomic E-state index is 12.5. The van der Waals surface area contributed by atoms with E-state index in [4.69, 9.17) is 0 Å². The van der Waals surface area contributed by atoms with E-state index in [0.717, 1.165) is 38.5 Å². The van der Waals surface area contributed by atoms with Gasteiger partial charge in [-0.15, -0.1) is 0 Å². The molecule has 4 fully saturated rings. The Morgan fingerprint density at radius 1 is 1.04 bits per heavy atom. The molecule has 0 aromatic carbocycles. The van der Waals surface area contributed by atoms with Crippen molar-refractivity contribution in [2.75, 3.05) is 0 Å².